The Hall–Kier alpha value is -0.610. The van der Waals surface area contributed by atoms with Crippen molar-refractivity contribution < 1.29 is 4.79 Å². The van der Waals surface area contributed by atoms with Gasteiger partial charge in [0.25, 0.3) is 0 Å². The smallest absolute Gasteiger partial charge is 0.237 e. The van der Waals surface area contributed by atoms with Gasteiger partial charge in [0.2, 0.25) is 5.91 Å². The van der Waals surface area contributed by atoms with Gasteiger partial charge in [-0.2, -0.15) is 0 Å². The van der Waals surface area contributed by atoms with Crippen molar-refractivity contribution in [3.05, 3.63) is 0 Å². The van der Waals surface area contributed by atoms with Crippen LogP contribution in [0, 0.1) is 5.92 Å². The molecule has 1 saturated heterocycles. The van der Waals surface area contributed by atoms with Crippen LogP contribution in [-0.4, -0.2) is 48.6 Å². The Labute approximate surface area is 136 Å². The highest BCUT2D eigenvalue weighted by Crippen LogP contribution is 2.23. The molecule has 2 atom stereocenters. The summed E-state index contributed by atoms with van der Waals surface area (Å²) in [6.07, 6.45) is 9.10. The van der Waals surface area contributed by atoms with E-state index in [1.807, 2.05) is 6.92 Å². The first-order chi connectivity index (χ1) is 10.6. The molecule has 1 saturated carbocycles. The lowest BCUT2D eigenvalue weighted by Crippen LogP contribution is -2.44. The van der Waals surface area contributed by atoms with Crippen molar-refractivity contribution in [2.24, 2.45) is 5.92 Å². The van der Waals surface area contributed by atoms with E-state index in [0.717, 1.165) is 26.1 Å². The largest absolute Gasteiger partial charge is 0.355 e. The molecule has 0 radical (unpaired) electrons. The minimum absolute atomic E-state index is 0.0608. The maximum atomic E-state index is 12.3. The predicted molar refractivity (Wildman–Crippen MR) is 91.9 cm³/mol. The number of carbonyl (C=O) groups is 1. The van der Waals surface area contributed by atoms with E-state index in [-0.39, 0.29) is 11.9 Å². The van der Waals surface area contributed by atoms with Gasteiger partial charge in [0, 0.05) is 31.7 Å². The fourth-order valence-electron chi connectivity index (χ4n) is 4.04. The Morgan fingerprint density at radius 1 is 1.14 bits per heavy atom. The first kappa shape index (κ1) is 17.7. The van der Waals surface area contributed by atoms with Crippen LogP contribution in [0.2, 0.25) is 0 Å². The number of hydrogen-bond donors (Lipinski definition) is 2. The number of likely N-dealkylation sites (N-methyl/N-ethyl adjacent to an activating group) is 1. The molecule has 2 fully saturated rings. The zero-order valence-corrected chi connectivity index (χ0v) is 14.7. The molecule has 4 heteroatoms. The van der Waals surface area contributed by atoms with Gasteiger partial charge in [-0.05, 0) is 32.1 Å². The maximum absolute atomic E-state index is 12.3. The summed E-state index contributed by atoms with van der Waals surface area (Å²) in [4.78, 5) is 14.7. The summed E-state index contributed by atoms with van der Waals surface area (Å²) in [5.41, 5.74) is 0. The third-order valence-corrected chi connectivity index (χ3v) is 4.98. The van der Waals surface area contributed by atoms with Crippen molar-refractivity contribution in [2.75, 3.05) is 19.6 Å². The summed E-state index contributed by atoms with van der Waals surface area (Å²) >= 11 is 0. The maximum Gasteiger partial charge on any atom is 0.237 e. The van der Waals surface area contributed by atoms with Gasteiger partial charge in [-0.1, -0.05) is 39.5 Å². The Morgan fingerprint density at radius 3 is 2.41 bits per heavy atom. The molecule has 0 aromatic heterocycles. The number of carbonyl (C=O) groups excluding carboxylic acids is 1. The lowest BCUT2D eigenvalue weighted by molar-refractivity contribution is -0.125. The van der Waals surface area contributed by atoms with Crippen molar-refractivity contribution in [3.8, 4) is 0 Å². The van der Waals surface area contributed by atoms with Crippen LogP contribution >= 0.6 is 0 Å². The fourth-order valence-corrected chi connectivity index (χ4v) is 4.04. The van der Waals surface area contributed by atoms with Gasteiger partial charge >= 0.3 is 0 Å². The molecule has 2 rings (SSSR count). The summed E-state index contributed by atoms with van der Waals surface area (Å²) in [6, 6.07) is 1.21. The molecule has 0 unspecified atom stereocenters. The van der Waals surface area contributed by atoms with Crippen molar-refractivity contribution >= 4 is 5.91 Å². The Balaban J connectivity index is 1.91. The highest BCUT2D eigenvalue weighted by Gasteiger charge is 2.37. The molecule has 1 heterocycles. The van der Waals surface area contributed by atoms with E-state index in [4.69, 9.17) is 0 Å². The SMILES string of the molecule is CCNC(=O)[C@@H]1C[C@H](NC2CCCCCC2)CN1CC(C)C. The first-order valence-electron chi connectivity index (χ1n) is 9.38. The van der Waals surface area contributed by atoms with Gasteiger partial charge in [0.15, 0.2) is 0 Å². The van der Waals surface area contributed by atoms with E-state index in [1.54, 1.807) is 0 Å². The molecule has 0 bridgehead atoms. The summed E-state index contributed by atoms with van der Waals surface area (Å²) < 4.78 is 0. The van der Waals surface area contributed by atoms with Gasteiger partial charge in [0.05, 0.1) is 6.04 Å². The topological polar surface area (TPSA) is 44.4 Å². The summed E-state index contributed by atoms with van der Waals surface area (Å²) in [5.74, 6) is 0.821. The molecule has 4 nitrogen and oxygen atoms in total. The van der Waals surface area contributed by atoms with Gasteiger partial charge in [0.1, 0.15) is 0 Å². The monoisotopic (exact) mass is 309 g/mol. The van der Waals surface area contributed by atoms with E-state index in [2.05, 4.69) is 29.4 Å². The lowest BCUT2D eigenvalue weighted by Gasteiger charge is -2.25. The third-order valence-electron chi connectivity index (χ3n) is 4.98. The molecule has 1 aliphatic carbocycles. The Kier molecular flexibility index (Phi) is 7.16. The summed E-state index contributed by atoms with van der Waals surface area (Å²) in [7, 11) is 0. The van der Waals surface area contributed by atoms with Gasteiger partial charge in [-0.3, -0.25) is 9.69 Å². The third kappa shape index (κ3) is 5.24. The summed E-state index contributed by atoms with van der Waals surface area (Å²) in [6.45, 7) is 9.25. The molecule has 0 aromatic carbocycles. The van der Waals surface area contributed by atoms with Gasteiger partial charge < -0.3 is 10.6 Å². The first-order valence-corrected chi connectivity index (χ1v) is 9.38. The second-order valence-corrected chi connectivity index (χ2v) is 7.55. The number of amides is 1. The lowest BCUT2D eigenvalue weighted by atomic mass is 10.1. The average molecular weight is 309 g/mol. The normalized spacial score (nSPS) is 28.0. The van der Waals surface area contributed by atoms with E-state index < -0.39 is 0 Å². The molecular formula is C18H35N3O. The molecule has 1 aliphatic heterocycles. The molecule has 0 aromatic rings. The number of likely N-dealkylation sites (tertiary alicyclic amines) is 1. The second kappa shape index (κ2) is 8.88. The van der Waals surface area contributed by atoms with Crippen LogP contribution in [0.15, 0.2) is 0 Å². The zero-order valence-electron chi connectivity index (χ0n) is 14.7. The van der Waals surface area contributed by atoms with Crippen LogP contribution in [0.1, 0.15) is 65.7 Å². The highest BCUT2D eigenvalue weighted by atomic mass is 16.2. The Bertz CT molecular complexity index is 337. The molecule has 1 amide bonds. The highest BCUT2D eigenvalue weighted by molar-refractivity contribution is 5.82. The van der Waals surface area contributed by atoms with E-state index in [1.165, 1.54) is 38.5 Å². The standard InChI is InChI=1S/C18H35N3O/c1-4-19-18(22)17-11-16(13-21(17)12-14(2)3)20-15-9-7-5-6-8-10-15/h14-17,20H,4-13H2,1-3H3,(H,19,22)/t16-,17-/m0/s1. The number of nitrogens with one attached hydrogen (secondary N) is 2. The summed E-state index contributed by atoms with van der Waals surface area (Å²) in [5, 5.41) is 6.88. The van der Waals surface area contributed by atoms with Gasteiger partial charge in [-0.15, -0.1) is 0 Å². The predicted octanol–water partition coefficient (Wildman–Crippen LogP) is 2.53. The van der Waals surface area contributed by atoms with Crippen LogP contribution < -0.4 is 10.6 Å². The average Bonchev–Trinajstić information content (AvgIpc) is 2.67. The second-order valence-electron chi connectivity index (χ2n) is 7.55. The zero-order chi connectivity index (χ0) is 15.9. The van der Waals surface area contributed by atoms with Crippen molar-refractivity contribution in [1.29, 1.82) is 0 Å². The van der Waals surface area contributed by atoms with Gasteiger partial charge in [-0.25, -0.2) is 0 Å². The van der Waals surface area contributed by atoms with Crippen LogP contribution in [0.25, 0.3) is 0 Å². The fraction of sp³-hybridized carbons (Fsp3) is 0.944. The quantitative estimate of drug-likeness (QED) is 0.741. The van der Waals surface area contributed by atoms with Crippen LogP contribution in [-0.2, 0) is 4.79 Å². The number of hydrogen-bond acceptors (Lipinski definition) is 3. The minimum atomic E-state index is 0.0608. The molecule has 2 aliphatic rings. The van der Waals surface area contributed by atoms with Crippen molar-refractivity contribution in [1.82, 2.24) is 15.5 Å². The van der Waals surface area contributed by atoms with E-state index in [0.29, 0.717) is 18.0 Å². The van der Waals surface area contributed by atoms with Crippen LogP contribution in [0.5, 0.6) is 0 Å². The van der Waals surface area contributed by atoms with Crippen molar-refractivity contribution in [3.63, 3.8) is 0 Å². The minimum Gasteiger partial charge on any atom is -0.355 e. The number of rotatable bonds is 6. The molecular weight excluding hydrogens is 274 g/mol. The number of nitrogens with zero attached hydrogens (tertiary/aromatic N) is 1. The molecule has 0 spiro atoms. The van der Waals surface area contributed by atoms with E-state index in [9.17, 15) is 4.79 Å². The Morgan fingerprint density at radius 2 is 1.82 bits per heavy atom. The van der Waals surface area contributed by atoms with E-state index >= 15 is 0 Å². The van der Waals surface area contributed by atoms with Crippen molar-refractivity contribution in [2.45, 2.75) is 83.8 Å². The van der Waals surface area contributed by atoms with Crippen LogP contribution in [0.3, 0.4) is 0 Å². The molecule has 2 N–H and O–H groups in total. The van der Waals surface area contributed by atoms with Crippen LogP contribution in [0.4, 0.5) is 0 Å². The molecule has 128 valence electrons. The molecule has 22 heavy (non-hydrogen) atoms.